The van der Waals surface area contributed by atoms with Crippen molar-refractivity contribution in [3.05, 3.63) is 42.5 Å². The summed E-state index contributed by atoms with van der Waals surface area (Å²) in [5.74, 6) is 1.11. The van der Waals surface area contributed by atoms with Crippen LogP contribution in [0.3, 0.4) is 0 Å². The van der Waals surface area contributed by atoms with Gasteiger partial charge in [-0.05, 0) is 25.1 Å². The van der Waals surface area contributed by atoms with E-state index in [4.69, 9.17) is 5.73 Å². The van der Waals surface area contributed by atoms with Crippen LogP contribution >= 0.6 is 0 Å². The average molecular weight is 244 g/mol. The number of anilines is 2. The highest BCUT2D eigenvalue weighted by Gasteiger charge is 2.06. The van der Waals surface area contributed by atoms with Crippen molar-refractivity contribution in [1.82, 2.24) is 9.55 Å². The number of hydrogen-bond donors (Lipinski definition) is 1. The van der Waals surface area contributed by atoms with E-state index in [0.717, 1.165) is 31.0 Å². The molecule has 0 saturated heterocycles. The molecule has 4 heteroatoms. The van der Waals surface area contributed by atoms with E-state index in [1.807, 2.05) is 37.6 Å². The molecule has 0 radical (unpaired) electrons. The molecule has 0 aliphatic heterocycles. The van der Waals surface area contributed by atoms with Crippen LogP contribution in [0.25, 0.3) is 0 Å². The molecule has 1 heterocycles. The minimum atomic E-state index is 0.808. The van der Waals surface area contributed by atoms with Gasteiger partial charge in [0.25, 0.3) is 0 Å². The van der Waals surface area contributed by atoms with Crippen LogP contribution in [0.5, 0.6) is 0 Å². The van der Waals surface area contributed by atoms with E-state index in [9.17, 15) is 0 Å². The minimum absolute atomic E-state index is 0.808. The maximum atomic E-state index is 5.82. The molecule has 18 heavy (non-hydrogen) atoms. The molecular weight excluding hydrogens is 224 g/mol. The molecule has 2 aromatic rings. The van der Waals surface area contributed by atoms with Crippen LogP contribution in [0.2, 0.25) is 0 Å². The fourth-order valence-electron chi connectivity index (χ4n) is 2.06. The van der Waals surface area contributed by atoms with Gasteiger partial charge in [0.2, 0.25) is 0 Å². The van der Waals surface area contributed by atoms with Crippen molar-refractivity contribution >= 4 is 11.4 Å². The Bertz CT molecular complexity index is 504. The summed E-state index contributed by atoms with van der Waals surface area (Å²) in [4.78, 5) is 6.66. The van der Waals surface area contributed by atoms with E-state index in [0.29, 0.717) is 0 Å². The van der Waals surface area contributed by atoms with Crippen molar-refractivity contribution < 1.29 is 0 Å². The zero-order chi connectivity index (χ0) is 13.0. The largest absolute Gasteiger partial charge is 0.399 e. The molecule has 0 aliphatic rings. The van der Waals surface area contributed by atoms with Gasteiger partial charge in [-0.2, -0.15) is 0 Å². The van der Waals surface area contributed by atoms with Crippen molar-refractivity contribution in [2.75, 3.05) is 23.7 Å². The number of rotatable bonds is 5. The van der Waals surface area contributed by atoms with Crippen molar-refractivity contribution in [3.8, 4) is 0 Å². The average Bonchev–Trinajstić information content (AvgIpc) is 2.76. The zero-order valence-corrected chi connectivity index (χ0v) is 11.0. The van der Waals surface area contributed by atoms with Crippen LogP contribution in [0, 0.1) is 0 Å². The maximum absolute atomic E-state index is 5.82. The van der Waals surface area contributed by atoms with Crippen molar-refractivity contribution in [1.29, 1.82) is 0 Å². The summed E-state index contributed by atoms with van der Waals surface area (Å²) in [6, 6.07) is 8.02. The molecule has 0 amide bonds. The number of aryl methyl sites for hydroxylation is 1. The first-order valence-electron chi connectivity index (χ1n) is 6.27. The van der Waals surface area contributed by atoms with E-state index >= 15 is 0 Å². The molecule has 0 spiro atoms. The van der Waals surface area contributed by atoms with Gasteiger partial charge in [-0.25, -0.2) is 4.98 Å². The van der Waals surface area contributed by atoms with Crippen LogP contribution < -0.4 is 10.6 Å². The summed E-state index contributed by atoms with van der Waals surface area (Å²) >= 11 is 0. The smallest absolute Gasteiger partial charge is 0.110 e. The van der Waals surface area contributed by atoms with Gasteiger partial charge in [-0.1, -0.05) is 6.07 Å². The predicted octanol–water partition coefficient (Wildman–Crippen LogP) is 2.07. The Morgan fingerprint density at radius 3 is 2.83 bits per heavy atom. The van der Waals surface area contributed by atoms with Crippen LogP contribution in [0.15, 0.2) is 36.7 Å². The lowest BCUT2D eigenvalue weighted by molar-refractivity contribution is 0.734. The molecule has 0 aliphatic carbocycles. The molecule has 96 valence electrons. The highest BCUT2D eigenvalue weighted by Crippen LogP contribution is 2.17. The van der Waals surface area contributed by atoms with E-state index in [1.54, 1.807) is 0 Å². The van der Waals surface area contributed by atoms with Gasteiger partial charge >= 0.3 is 0 Å². The first kappa shape index (κ1) is 12.5. The number of aromatic nitrogens is 2. The Kier molecular flexibility index (Phi) is 3.87. The van der Waals surface area contributed by atoms with Crippen LogP contribution in [-0.2, 0) is 13.5 Å². The standard InChI is InChI=1S/C14H20N4/c1-3-18(13-6-4-5-12(15)11-13)9-7-14-16-8-10-17(14)2/h4-6,8,10-11H,3,7,9,15H2,1-2H3. The zero-order valence-electron chi connectivity index (χ0n) is 11.0. The van der Waals surface area contributed by atoms with Crippen molar-refractivity contribution in [2.45, 2.75) is 13.3 Å². The summed E-state index contributed by atoms with van der Waals surface area (Å²) in [6.07, 6.45) is 4.75. The summed E-state index contributed by atoms with van der Waals surface area (Å²) in [7, 11) is 2.03. The number of benzene rings is 1. The Morgan fingerprint density at radius 1 is 1.39 bits per heavy atom. The molecule has 0 unspecified atom stereocenters. The minimum Gasteiger partial charge on any atom is -0.399 e. The molecule has 2 rings (SSSR count). The predicted molar refractivity (Wildman–Crippen MR) is 75.7 cm³/mol. The second kappa shape index (κ2) is 5.58. The maximum Gasteiger partial charge on any atom is 0.110 e. The summed E-state index contributed by atoms with van der Waals surface area (Å²) in [5.41, 5.74) is 7.80. The molecule has 0 atom stereocenters. The summed E-state index contributed by atoms with van der Waals surface area (Å²) < 4.78 is 2.06. The number of nitrogens with two attached hydrogens (primary N) is 1. The van der Waals surface area contributed by atoms with Crippen LogP contribution in [-0.4, -0.2) is 22.6 Å². The number of likely N-dealkylation sites (N-methyl/N-ethyl adjacent to an activating group) is 1. The fourth-order valence-corrected chi connectivity index (χ4v) is 2.06. The Labute approximate surface area is 108 Å². The Balaban J connectivity index is 2.04. The van der Waals surface area contributed by atoms with E-state index < -0.39 is 0 Å². The second-order valence-electron chi connectivity index (χ2n) is 4.38. The van der Waals surface area contributed by atoms with Gasteiger partial charge in [-0.15, -0.1) is 0 Å². The van der Waals surface area contributed by atoms with Crippen molar-refractivity contribution in [2.24, 2.45) is 7.05 Å². The first-order valence-corrected chi connectivity index (χ1v) is 6.27. The Hall–Kier alpha value is -1.97. The molecule has 1 aromatic carbocycles. The second-order valence-corrected chi connectivity index (χ2v) is 4.38. The molecule has 2 N–H and O–H groups in total. The van der Waals surface area contributed by atoms with E-state index in [-0.39, 0.29) is 0 Å². The number of nitrogen functional groups attached to an aromatic ring is 1. The van der Waals surface area contributed by atoms with E-state index in [1.165, 1.54) is 5.69 Å². The third kappa shape index (κ3) is 2.83. The summed E-state index contributed by atoms with van der Waals surface area (Å²) in [6.45, 7) is 4.07. The van der Waals surface area contributed by atoms with E-state index in [2.05, 4.69) is 27.4 Å². The van der Waals surface area contributed by atoms with Crippen molar-refractivity contribution in [3.63, 3.8) is 0 Å². The highest BCUT2D eigenvalue weighted by molar-refractivity contribution is 5.55. The number of hydrogen-bond acceptors (Lipinski definition) is 3. The quantitative estimate of drug-likeness (QED) is 0.819. The number of imidazole rings is 1. The number of nitrogens with zero attached hydrogens (tertiary/aromatic N) is 3. The molecule has 4 nitrogen and oxygen atoms in total. The first-order chi connectivity index (χ1) is 8.70. The molecule has 0 bridgehead atoms. The lowest BCUT2D eigenvalue weighted by Gasteiger charge is -2.23. The third-order valence-corrected chi connectivity index (χ3v) is 3.14. The normalized spacial score (nSPS) is 10.6. The molecule has 1 aromatic heterocycles. The molecule has 0 saturated carbocycles. The van der Waals surface area contributed by atoms with Crippen LogP contribution in [0.4, 0.5) is 11.4 Å². The summed E-state index contributed by atoms with van der Waals surface area (Å²) in [5, 5.41) is 0. The molecular formula is C14H20N4. The Morgan fingerprint density at radius 2 is 2.22 bits per heavy atom. The SMILES string of the molecule is CCN(CCc1nccn1C)c1cccc(N)c1. The van der Waals surface area contributed by atoms with Gasteiger partial charge in [-0.3, -0.25) is 0 Å². The van der Waals surface area contributed by atoms with Gasteiger partial charge in [0, 0.05) is 50.3 Å². The topological polar surface area (TPSA) is 47.1 Å². The molecule has 0 fully saturated rings. The highest BCUT2D eigenvalue weighted by atomic mass is 15.1. The third-order valence-electron chi connectivity index (χ3n) is 3.14. The fraction of sp³-hybridized carbons (Fsp3) is 0.357. The van der Waals surface area contributed by atoms with Gasteiger partial charge in [0.05, 0.1) is 0 Å². The lowest BCUT2D eigenvalue weighted by atomic mass is 10.2. The van der Waals surface area contributed by atoms with Gasteiger partial charge in [0.1, 0.15) is 5.82 Å². The van der Waals surface area contributed by atoms with Gasteiger partial charge in [0.15, 0.2) is 0 Å². The van der Waals surface area contributed by atoms with Gasteiger partial charge < -0.3 is 15.2 Å². The monoisotopic (exact) mass is 244 g/mol. The van der Waals surface area contributed by atoms with Crippen LogP contribution in [0.1, 0.15) is 12.7 Å². The lowest BCUT2D eigenvalue weighted by Crippen LogP contribution is -2.26.